The van der Waals surface area contributed by atoms with Crippen molar-refractivity contribution < 1.29 is 4.79 Å². The molecule has 1 heterocycles. The summed E-state index contributed by atoms with van der Waals surface area (Å²) in [5.74, 6) is -0.111. The first-order chi connectivity index (χ1) is 13.2. The average molecular weight is 370 g/mol. The van der Waals surface area contributed by atoms with Crippen molar-refractivity contribution in [3.63, 3.8) is 0 Å². The minimum atomic E-state index is -0.111. The zero-order valence-electron chi connectivity index (χ0n) is 14.8. The molecular formula is C23H18N2OS. The van der Waals surface area contributed by atoms with E-state index in [-0.39, 0.29) is 5.91 Å². The number of carbonyl (C=O) groups is 1. The van der Waals surface area contributed by atoms with Gasteiger partial charge in [-0.2, -0.15) is 0 Å². The van der Waals surface area contributed by atoms with Gasteiger partial charge in [-0.25, -0.2) is 4.99 Å². The fourth-order valence-corrected chi connectivity index (χ4v) is 3.80. The van der Waals surface area contributed by atoms with Crippen molar-refractivity contribution in [3.05, 3.63) is 94.9 Å². The van der Waals surface area contributed by atoms with Crippen LogP contribution in [0.2, 0.25) is 0 Å². The smallest absolute Gasteiger partial charge is 0.264 e. The number of amides is 1. The Morgan fingerprint density at radius 2 is 1.70 bits per heavy atom. The Bertz CT molecular complexity index is 1100. The highest BCUT2D eigenvalue weighted by Crippen LogP contribution is 2.28. The molecule has 132 valence electrons. The highest BCUT2D eigenvalue weighted by Gasteiger charge is 2.23. The molecule has 4 rings (SSSR count). The van der Waals surface area contributed by atoms with E-state index >= 15 is 0 Å². The Hall–Kier alpha value is -3.11. The number of aliphatic imine (C=N–C) groups is 1. The van der Waals surface area contributed by atoms with E-state index < -0.39 is 0 Å². The molecular weight excluding hydrogens is 352 g/mol. The lowest BCUT2D eigenvalue weighted by atomic mass is 10.1. The van der Waals surface area contributed by atoms with Gasteiger partial charge in [0.2, 0.25) is 0 Å². The summed E-state index contributed by atoms with van der Waals surface area (Å²) >= 11 is 1.37. The largest absolute Gasteiger partial charge is 0.300 e. The van der Waals surface area contributed by atoms with Gasteiger partial charge in [-0.15, -0.1) is 0 Å². The van der Waals surface area contributed by atoms with E-state index in [4.69, 9.17) is 0 Å². The summed E-state index contributed by atoms with van der Waals surface area (Å²) in [7, 11) is 0. The monoisotopic (exact) mass is 370 g/mol. The van der Waals surface area contributed by atoms with Crippen molar-refractivity contribution in [2.24, 2.45) is 4.99 Å². The maximum atomic E-state index is 12.3. The Morgan fingerprint density at radius 1 is 0.963 bits per heavy atom. The molecule has 3 aromatic carbocycles. The van der Waals surface area contributed by atoms with E-state index in [1.54, 1.807) is 0 Å². The van der Waals surface area contributed by atoms with Crippen LogP contribution in [-0.4, -0.2) is 11.1 Å². The van der Waals surface area contributed by atoms with Gasteiger partial charge >= 0.3 is 0 Å². The van der Waals surface area contributed by atoms with Crippen LogP contribution in [0, 0.1) is 0 Å². The highest BCUT2D eigenvalue weighted by atomic mass is 32.2. The van der Waals surface area contributed by atoms with Gasteiger partial charge in [-0.05, 0) is 58.8 Å². The van der Waals surface area contributed by atoms with Gasteiger partial charge in [-0.3, -0.25) is 4.79 Å². The second-order valence-electron chi connectivity index (χ2n) is 6.31. The van der Waals surface area contributed by atoms with Gasteiger partial charge in [0.25, 0.3) is 5.91 Å². The van der Waals surface area contributed by atoms with Gasteiger partial charge in [0, 0.05) is 0 Å². The third-order valence-electron chi connectivity index (χ3n) is 4.17. The molecule has 4 heteroatoms. The van der Waals surface area contributed by atoms with Crippen LogP contribution in [0.5, 0.6) is 0 Å². The number of nitrogens with one attached hydrogen (secondary N) is 1. The average Bonchev–Trinajstić information content (AvgIpc) is 3.01. The summed E-state index contributed by atoms with van der Waals surface area (Å²) in [6.07, 6.45) is 3.95. The summed E-state index contributed by atoms with van der Waals surface area (Å²) in [6.45, 7) is 1.99. The number of hydrogen-bond donors (Lipinski definition) is 1. The molecule has 0 radical (unpaired) electrons. The second-order valence-corrected chi connectivity index (χ2v) is 7.34. The number of hydrogen-bond acceptors (Lipinski definition) is 3. The normalized spacial score (nSPS) is 17.7. The summed E-state index contributed by atoms with van der Waals surface area (Å²) in [6, 6.07) is 24.2. The van der Waals surface area contributed by atoms with Gasteiger partial charge in [0.15, 0.2) is 5.17 Å². The molecule has 3 nitrogen and oxygen atoms in total. The van der Waals surface area contributed by atoms with Crippen molar-refractivity contribution in [2.45, 2.75) is 6.92 Å². The molecule has 1 fully saturated rings. The quantitative estimate of drug-likeness (QED) is 0.603. The fourth-order valence-electron chi connectivity index (χ4n) is 2.90. The zero-order valence-corrected chi connectivity index (χ0v) is 15.7. The molecule has 0 unspecified atom stereocenters. The van der Waals surface area contributed by atoms with Crippen LogP contribution < -0.4 is 5.32 Å². The van der Waals surface area contributed by atoms with Crippen molar-refractivity contribution in [2.75, 3.05) is 0 Å². The molecule has 0 aliphatic carbocycles. The maximum Gasteiger partial charge on any atom is 0.264 e. The summed E-state index contributed by atoms with van der Waals surface area (Å²) in [5, 5.41) is 5.76. The lowest BCUT2D eigenvalue weighted by Crippen LogP contribution is -2.19. The molecule has 1 amide bonds. The molecule has 0 atom stereocenters. The molecule has 0 bridgehead atoms. The molecule has 27 heavy (non-hydrogen) atoms. The predicted molar refractivity (Wildman–Crippen MR) is 115 cm³/mol. The highest BCUT2D eigenvalue weighted by molar-refractivity contribution is 8.18. The van der Waals surface area contributed by atoms with E-state index in [9.17, 15) is 4.79 Å². The molecule has 3 aromatic rings. The summed E-state index contributed by atoms with van der Waals surface area (Å²) in [5.41, 5.74) is 2.96. The Morgan fingerprint density at radius 3 is 2.52 bits per heavy atom. The SMILES string of the molecule is CC(=C/c1ccccc1)/C=C1/SC(=Nc2ccc3ccccc3c2)NC1=O. The van der Waals surface area contributed by atoms with Crippen LogP contribution in [0.1, 0.15) is 12.5 Å². The summed E-state index contributed by atoms with van der Waals surface area (Å²) in [4.78, 5) is 17.5. The van der Waals surface area contributed by atoms with E-state index in [1.807, 2.05) is 73.7 Å². The third kappa shape index (κ3) is 4.18. The van der Waals surface area contributed by atoms with Gasteiger partial charge in [0.1, 0.15) is 0 Å². The van der Waals surface area contributed by atoms with Crippen molar-refractivity contribution in [1.29, 1.82) is 0 Å². The van der Waals surface area contributed by atoms with Crippen LogP contribution in [-0.2, 0) is 4.79 Å². The maximum absolute atomic E-state index is 12.3. The van der Waals surface area contributed by atoms with Gasteiger partial charge in [0.05, 0.1) is 10.6 Å². The molecule has 1 aliphatic heterocycles. The number of rotatable bonds is 3. The first-order valence-electron chi connectivity index (χ1n) is 8.69. The Balaban J connectivity index is 1.55. The molecule has 0 spiro atoms. The van der Waals surface area contributed by atoms with Crippen LogP contribution in [0.25, 0.3) is 16.8 Å². The van der Waals surface area contributed by atoms with Crippen LogP contribution in [0.15, 0.2) is 94.3 Å². The number of nitrogens with zero attached hydrogens (tertiary/aromatic N) is 1. The Labute approximate surface area is 162 Å². The third-order valence-corrected chi connectivity index (χ3v) is 5.08. The van der Waals surface area contributed by atoms with Crippen LogP contribution >= 0.6 is 11.8 Å². The van der Waals surface area contributed by atoms with E-state index in [0.717, 1.165) is 22.2 Å². The minimum absolute atomic E-state index is 0.111. The molecule has 1 aliphatic rings. The van der Waals surface area contributed by atoms with Crippen LogP contribution in [0.4, 0.5) is 5.69 Å². The zero-order chi connectivity index (χ0) is 18.6. The topological polar surface area (TPSA) is 41.5 Å². The number of carbonyl (C=O) groups excluding carboxylic acids is 1. The standard InChI is InChI=1S/C23H18N2OS/c1-16(13-17-7-3-2-4-8-17)14-21-22(26)25-23(27-21)24-20-12-11-18-9-5-6-10-19(18)15-20/h2-15H,1H3,(H,24,25,26)/b16-13-,21-14+. The number of fused-ring (bicyclic) bond motifs is 1. The number of amidine groups is 1. The fraction of sp³-hybridized carbons (Fsp3) is 0.0435. The van der Waals surface area contributed by atoms with Crippen molar-refractivity contribution >= 4 is 45.4 Å². The van der Waals surface area contributed by atoms with Gasteiger partial charge < -0.3 is 5.32 Å². The molecule has 0 saturated carbocycles. The predicted octanol–water partition coefficient (Wildman–Crippen LogP) is 5.68. The van der Waals surface area contributed by atoms with Gasteiger partial charge in [-0.1, -0.05) is 66.7 Å². The van der Waals surface area contributed by atoms with E-state index in [2.05, 4.69) is 28.5 Å². The first kappa shape index (κ1) is 17.3. The van der Waals surface area contributed by atoms with Crippen molar-refractivity contribution in [3.8, 4) is 0 Å². The van der Waals surface area contributed by atoms with E-state index in [0.29, 0.717) is 10.1 Å². The minimum Gasteiger partial charge on any atom is -0.300 e. The molecule has 0 aromatic heterocycles. The first-order valence-corrected chi connectivity index (χ1v) is 9.51. The molecule has 1 saturated heterocycles. The Kier molecular flexibility index (Phi) is 4.90. The summed E-state index contributed by atoms with van der Waals surface area (Å²) < 4.78 is 0. The number of allylic oxidation sites excluding steroid dienone is 2. The van der Waals surface area contributed by atoms with Crippen LogP contribution in [0.3, 0.4) is 0 Å². The lowest BCUT2D eigenvalue weighted by Gasteiger charge is -2.00. The van der Waals surface area contributed by atoms with Crippen molar-refractivity contribution in [1.82, 2.24) is 5.32 Å². The second kappa shape index (κ2) is 7.64. The lowest BCUT2D eigenvalue weighted by molar-refractivity contribution is -0.115. The number of thioether (sulfide) groups is 1. The molecule has 1 N–H and O–H groups in total. The number of benzene rings is 3. The van der Waals surface area contributed by atoms with E-state index in [1.165, 1.54) is 17.1 Å².